The van der Waals surface area contributed by atoms with E-state index in [1.165, 1.54) is 0 Å². The van der Waals surface area contributed by atoms with Crippen molar-refractivity contribution in [3.63, 3.8) is 0 Å². The Kier molecular flexibility index (Phi) is 1.12. The van der Waals surface area contributed by atoms with Crippen LogP contribution in [0.5, 0.6) is 0 Å². The van der Waals surface area contributed by atoms with Crippen LogP contribution >= 0.6 is 0 Å². The third-order valence-electron chi connectivity index (χ3n) is 3.41. The standard InChI is InChI=1S/C9H12O3/c1-3-5(10)4(2)7-9-8(12-9)6(3)11-7/h3-4,6-9H,1-2H3/t3-,4?,6+,7-,8+,9?/m1/s1. The molecule has 0 aromatic rings. The number of hydrogen-bond donors (Lipinski definition) is 0. The fourth-order valence-electron chi connectivity index (χ4n) is 2.54. The molecule has 3 fully saturated rings. The highest BCUT2D eigenvalue weighted by Crippen LogP contribution is 2.49. The van der Waals surface area contributed by atoms with Crippen molar-refractivity contribution in [3.8, 4) is 0 Å². The van der Waals surface area contributed by atoms with Gasteiger partial charge in [0.15, 0.2) is 0 Å². The van der Waals surface area contributed by atoms with Crippen molar-refractivity contribution in [1.82, 2.24) is 0 Å². The fourth-order valence-corrected chi connectivity index (χ4v) is 2.54. The Labute approximate surface area is 71.0 Å². The maximum Gasteiger partial charge on any atom is 0.143 e. The van der Waals surface area contributed by atoms with Crippen LogP contribution in [0.25, 0.3) is 0 Å². The van der Waals surface area contributed by atoms with Gasteiger partial charge in [0.2, 0.25) is 0 Å². The zero-order valence-corrected chi connectivity index (χ0v) is 7.19. The number of epoxide rings is 1. The average molecular weight is 168 g/mol. The second-order valence-corrected chi connectivity index (χ2v) is 4.11. The summed E-state index contributed by atoms with van der Waals surface area (Å²) in [7, 11) is 0. The molecule has 2 unspecified atom stereocenters. The van der Waals surface area contributed by atoms with Gasteiger partial charge in [-0.15, -0.1) is 0 Å². The highest BCUT2D eigenvalue weighted by atomic mass is 16.7. The Morgan fingerprint density at radius 1 is 0.917 bits per heavy atom. The largest absolute Gasteiger partial charge is 0.368 e. The van der Waals surface area contributed by atoms with E-state index in [9.17, 15) is 4.79 Å². The first-order chi connectivity index (χ1) is 5.70. The monoisotopic (exact) mass is 168 g/mol. The van der Waals surface area contributed by atoms with Gasteiger partial charge in [0, 0.05) is 11.8 Å². The molecule has 3 saturated heterocycles. The van der Waals surface area contributed by atoms with E-state index in [1.54, 1.807) is 0 Å². The summed E-state index contributed by atoms with van der Waals surface area (Å²) in [5.41, 5.74) is 0. The number of ether oxygens (including phenoxy) is 2. The predicted octanol–water partition coefficient (Wildman–Crippen LogP) is 0.376. The van der Waals surface area contributed by atoms with Crippen LogP contribution in [-0.4, -0.2) is 30.2 Å². The highest BCUT2D eigenvalue weighted by molar-refractivity contribution is 5.85. The van der Waals surface area contributed by atoms with Gasteiger partial charge in [-0.1, -0.05) is 13.8 Å². The van der Waals surface area contributed by atoms with Crippen LogP contribution in [-0.2, 0) is 14.3 Å². The van der Waals surface area contributed by atoms with Gasteiger partial charge in [0.1, 0.15) is 18.0 Å². The maximum absolute atomic E-state index is 11.6. The molecule has 0 aromatic heterocycles. The summed E-state index contributed by atoms with van der Waals surface area (Å²) in [4.78, 5) is 11.6. The van der Waals surface area contributed by atoms with E-state index in [2.05, 4.69) is 0 Å². The summed E-state index contributed by atoms with van der Waals surface area (Å²) >= 11 is 0. The van der Waals surface area contributed by atoms with Crippen molar-refractivity contribution in [1.29, 1.82) is 0 Å². The van der Waals surface area contributed by atoms with Gasteiger partial charge in [0.05, 0.1) is 12.2 Å². The molecule has 0 N–H and O–H groups in total. The molecule has 66 valence electrons. The van der Waals surface area contributed by atoms with Crippen LogP contribution in [0, 0.1) is 11.8 Å². The first-order valence-corrected chi connectivity index (χ1v) is 4.55. The van der Waals surface area contributed by atoms with Gasteiger partial charge in [-0.25, -0.2) is 0 Å². The Balaban J connectivity index is 1.98. The van der Waals surface area contributed by atoms with Gasteiger partial charge >= 0.3 is 0 Å². The lowest BCUT2D eigenvalue weighted by Gasteiger charge is -2.32. The number of carbonyl (C=O) groups is 1. The second kappa shape index (κ2) is 1.91. The molecule has 12 heavy (non-hydrogen) atoms. The molecule has 6 atom stereocenters. The minimum absolute atomic E-state index is 0.0359. The van der Waals surface area contributed by atoms with Crippen LogP contribution in [0.4, 0.5) is 0 Å². The van der Waals surface area contributed by atoms with Crippen LogP contribution in [0.1, 0.15) is 13.8 Å². The van der Waals surface area contributed by atoms with Crippen molar-refractivity contribution in [2.75, 3.05) is 0 Å². The van der Waals surface area contributed by atoms with Gasteiger partial charge in [-0.05, 0) is 0 Å². The zero-order chi connectivity index (χ0) is 8.46. The van der Waals surface area contributed by atoms with Crippen LogP contribution < -0.4 is 0 Å². The van der Waals surface area contributed by atoms with E-state index in [0.29, 0.717) is 5.78 Å². The minimum Gasteiger partial charge on any atom is -0.368 e. The summed E-state index contributed by atoms with van der Waals surface area (Å²) < 4.78 is 11.1. The van der Waals surface area contributed by atoms with Gasteiger partial charge in [-0.2, -0.15) is 0 Å². The molecule has 3 aliphatic rings. The SMILES string of the molecule is CC1C(=O)[C@@H](C)[C@@H]2O[C@H]1C1O[C@H]12. The molecule has 2 bridgehead atoms. The molecule has 3 heterocycles. The molecule has 3 aliphatic heterocycles. The Bertz CT molecular complexity index is 228. The van der Waals surface area contributed by atoms with Crippen LogP contribution in [0.3, 0.4) is 0 Å². The molecule has 0 spiro atoms. The lowest BCUT2D eigenvalue weighted by atomic mass is 9.88. The van der Waals surface area contributed by atoms with E-state index >= 15 is 0 Å². The normalized spacial score (nSPS) is 61.7. The number of fused-ring (bicyclic) bond motifs is 5. The van der Waals surface area contributed by atoms with Crippen molar-refractivity contribution < 1.29 is 14.3 Å². The van der Waals surface area contributed by atoms with Crippen molar-refractivity contribution >= 4 is 5.78 Å². The van der Waals surface area contributed by atoms with E-state index in [0.717, 1.165) is 0 Å². The predicted molar refractivity (Wildman–Crippen MR) is 40.7 cm³/mol. The number of carbonyl (C=O) groups excluding carboxylic acids is 1. The molecule has 3 nitrogen and oxygen atoms in total. The first kappa shape index (κ1) is 7.04. The topological polar surface area (TPSA) is 38.8 Å². The quantitative estimate of drug-likeness (QED) is 0.491. The van der Waals surface area contributed by atoms with Gasteiger partial charge in [0.25, 0.3) is 0 Å². The van der Waals surface area contributed by atoms with Crippen LogP contribution in [0.15, 0.2) is 0 Å². The Hall–Kier alpha value is -0.410. The summed E-state index contributed by atoms with van der Waals surface area (Å²) in [6, 6.07) is 0. The van der Waals surface area contributed by atoms with Crippen molar-refractivity contribution in [3.05, 3.63) is 0 Å². The van der Waals surface area contributed by atoms with E-state index in [1.807, 2.05) is 13.8 Å². The van der Waals surface area contributed by atoms with Crippen molar-refractivity contribution in [2.45, 2.75) is 38.3 Å². The fraction of sp³-hybridized carbons (Fsp3) is 0.889. The number of hydrogen-bond acceptors (Lipinski definition) is 3. The van der Waals surface area contributed by atoms with E-state index in [-0.39, 0.29) is 36.3 Å². The molecule has 0 amide bonds. The van der Waals surface area contributed by atoms with Crippen molar-refractivity contribution in [2.24, 2.45) is 11.8 Å². The summed E-state index contributed by atoms with van der Waals surface area (Å²) in [6.45, 7) is 3.90. The Morgan fingerprint density at radius 3 is 1.83 bits per heavy atom. The third-order valence-corrected chi connectivity index (χ3v) is 3.41. The molecule has 0 aromatic carbocycles. The molecule has 0 aliphatic carbocycles. The number of Topliss-reactive ketones (excluding diaryl/α,β-unsaturated/α-hetero) is 1. The highest BCUT2D eigenvalue weighted by Gasteiger charge is 2.65. The second-order valence-electron chi connectivity index (χ2n) is 4.11. The molecule has 0 saturated carbocycles. The van der Waals surface area contributed by atoms with E-state index < -0.39 is 0 Å². The molecule has 3 heteroatoms. The minimum atomic E-state index is 0.0359. The molecular weight excluding hydrogens is 156 g/mol. The summed E-state index contributed by atoms with van der Waals surface area (Å²) in [6.07, 6.45) is 0.588. The number of ketones is 1. The Morgan fingerprint density at radius 2 is 1.33 bits per heavy atom. The summed E-state index contributed by atoms with van der Waals surface area (Å²) in [5.74, 6) is 0.426. The van der Waals surface area contributed by atoms with E-state index in [4.69, 9.17) is 9.47 Å². The lowest BCUT2D eigenvalue weighted by molar-refractivity contribution is -0.156. The molecular formula is C9H12O3. The molecule has 3 rings (SSSR count). The third kappa shape index (κ3) is 0.627. The smallest absolute Gasteiger partial charge is 0.143 e. The van der Waals surface area contributed by atoms with Gasteiger partial charge in [-0.3, -0.25) is 4.79 Å². The average Bonchev–Trinajstić information content (AvgIpc) is 2.76. The lowest BCUT2D eigenvalue weighted by Crippen LogP contribution is -2.44. The van der Waals surface area contributed by atoms with Gasteiger partial charge < -0.3 is 9.47 Å². The zero-order valence-electron chi connectivity index (χ0n) is 7.19. The summed E-state index contributed by atoms with van der Waals surface area (Å²) in [5, 5.41) is 0. The number of rotatable bonds is 0. The van der Waals surface area contributed by atoms with Crippen LogP contribution in [0.2, 0.25) is 0 Å². The maximum atomic E-state index is 11.6. The molecule has 0 radical (unpaired) electrons. The first-order valence-electron chi connectivity index (χ1n) is 4.55.